The van der Waals surface area contributed by atoms with Crippen molar-refractivity contribution in [2.45, 2.75) is 76.6 Å². The van der Waals surface area contributed by atoms with E-state index in [9.17, 15) is 14.9 Å². The van der Waals surface area contributed by atoms with Crippen LogP contribution in [-0.4, -0.2) is 64.7 Å². The number of benzene rings is 4. The number of aromatic nitrogens is 2. The minimum Gasteiger partial charge on any atom is -0.497 e. The molecule has 0 saturated carbocycles. The molecule has 2 heterocycles. The van der Waals surface area contributed by atoms with Gasteiger partial charge in [-0.05, 0) is 74.7 Å². The van der Waals surface area contributed by atoms with Gasteiger partial charge in [-0.15, -0.1) is 0 Å². The first-order chi connectivity index (χ1) is 28.1. The van der Waals surface area contributed by atoms with Crippen LogP contribution in [-0.2, 0) is 19.3 Å². The van der Waals surface area contributed by atoms with Crippen molar-refractivity contribution in [3.63, 3.8) is 0 Å². The van der Waals surface area contributed by atoms with Crippen LogP contribution in [0.4, 0.5) is 5.82 Å². The van der Waals surface area contributed by atoms with Gasteiger partial charge in [0.1, 0.15) is 17.8 Å². The van der Waals surface area contributed by atoms with Crippen molar-refractivity contribution in [2.24, 2.45) is 0 Å². The maximum absolute atomic E-state index is 13.7. The van der Waals surface area contributed by atoms with Crippen LogP contribution in [0.15, 0.2) is 132 Å². The van der Waals surface area contributed by atoms with Crippen LogP contribution < -0.4 is 21.1 Å². The molecule has 1 aliphatic rings. The van der Waals surface area contributed by atoms with E-state index < -0.39 is 38.2 Å². The van der Waals surface area contributed by atoms with E-state index in [-0.39, 0.29) is 36.8 Å². The number of hydrogen-bond donors (Lipinski definition) is 2. The molecule has 1 aliphatic heterocycles. The van der Waals surface area contributed by atoms with Crippen molar-refractivity contribution in [3.8, 4) is 11.8 Å². The minimum absolute atomic E-state index is 0.0761. The highest BCUT2D eigenvalue weighted by molar-refractivity contribution is 7.44. The first kappa shape index (κ1) is 42.4. The van der Waals surface area contributed by atoms with Gasteiger partial charge < -0.3 is 23.8 Å². The van der Waals surface area contributed by atoms with E-state index in [1.165, 1.54) is 4.57 Å². The van der Waals surface area contributed by atoms with Gasteiger partial charge in [0.25, 0.3) is 14.4 Å². The quantitative estimate of drug-likeness (QED) is 0.0509. The molecule has 6 rings (SSSR count). The monoisotopic (exact) mass is 802 g/mol. The average Bonchev–Trinajstić information content (AvgIpc) is 3.64. The third-order valence-corrected chi connectivity index (χ3v) is 12.1. The molecule has 1 saturated heterocycles. The van der Waals surface area contributed by atoms with Crippen molar-refractivity contribution in [1.29, 1.82) is 5.26 Å². The number of nitrogens with one attached hydrogen (secondary N) is 2. The fourth-order valence-corrected chi connectivity index (χ4v) is 9.09. The van der Waals surface area contributed by atoms with Gasteiger partial charge in [-0.1, -0.05) is 91.0 Å². The molecule has 1 amide bonds. The van der Waals surface area contributed by atoms with Crippen LogP contribution in [0.1, 0.15) is 73.8 Å². The molecular weight excluding hydrogens is 752 g/mol. The predicted molar refractivity (Wildman–Crippen MR) is 225 cm³/mol. The van der Waals surface area contributed by atoms with Gasteiger partial charge in [0.05, 0.1) is 44.0 Å². The summed E-state index contributed by atoms with van der Waals surface area (Å²) in [5, 5.41) is 16.0. The van der Waals surface area contributed by atoms with Gasteiger partial charge in [-0.2, -0.15) is 10.2 Å². The summed E-state index contributed by atoms with van der Waals surface area (Å²) in [4.78, 5) is 30.7. The highest BCUT2D eigenvalue weighted by Crippen LogP contribution is 2.50. The van der Waals surface area contributed by atoms with Gasteiger partial charge in [-0.3, -0.25) is 14.7 Å². The lowest BCUT2D eigenvalue weighted by Gasteiger charge is -2.39. The molecule has 13 heteroatoms. The number of carbonyl (C=O) groups is 1. The van der Waals surface area contributed by atoms with Crippen LogP contribution in [0.2, 0.25) is 0 Å². The SMILES string of the molecule is COc1ccc(C(NC[C@H]2O[C@@H](n3ccc(NC(=O)c4ccccc4)nc3=O)C[C@@H]2OP(OCCC#N)N(C(C)C)C(C)C)(c2ccccc2)c2ccccc2)cc1. The normalized spacial score (nSPS) is 17.3. The number of amides is 1. The first-order valence-electron chi connectivity index (χ1n) is 19.5. The third kappa shape index (κ3) is 9.88. The number of ether oxygens (including phenoxy) is 2. The zero-order valence-corrected chi connectivity index (χ0v) is 34.4. The molecule has 4 aromatic carbocycles. The predicted octanol–water partition coefficient (Wildman–Crippen LogP) is 8.03. The second-order valence-corrected chi connectivity index (χ2v) is 15.9. The third-order valence-electron chi connectivity index (χ3n) is 9.99. The second-order valence-electron chi connectivity index (χ2n) is 14.5. The molecule has 5 aromatic rings. The number of carbonyl (C=O) groups excluding carboxylic acids is 1. The van der Waals surface area contributed by atoms with Crippen molar-refractivity contribution in [3.05, 3.63) is 160 Å². The van der Waals surface area contributed by atoms with Crippen molar-refractivity contribution >= 4 is 20.3 Å². The van der Waals surface area contributed by atoms with Gasteiger partial charge in [0, 0.05) is 36.8 Å². The van der Waals surface area contributed by atoms with Gasteiger partial charge in [0.2, 0.25) is 0 Å². The summed E-state index contributed by atoms with van der Waals surface area (Å²) in [6, 6.07) is 41.2. The van der Waals surface area contributed by atoms with Crippen molar-refractivity contribution in [2.75, 3.05) is 25.6 Å². The van der Waals surface area contributed by atoms with E-state index in [0.29, 0.717) is 18.5 Å². The molecule has 1 aromatic heterocycles. The Morgan fingerprint density at radius 2 is 1.50 bits per heavy atom. The number of rotatable bonds is 18. The summed E-state index contributed by atoms with van der Waals surface area (Å²) >= 11 is 0. The topological polar surface area (TPSA) is 140 Å². The second kappa shape index (κ2) is 19.9. The lowest BCUT2D eigenvalue weighted by atomic mass is 9.77. The fraction of sp³-hybridized carbons (Fsp3) is 0.333. The summed E-state index contributed by atoms with van der Waals surface area (Å²) in [5.74, 6) is 0.500. The molecule has 12 nitrogen and oxygen atoms in total. The van der Waals surface area contributed by atoms with Crippen LogP contribution in [0.25, 0.3) is 0 Å². The van der Waals surface area contributed by atoms with Crippen LogP contribution in [0.3, 0.4) is 0 Å². The highest BCUT2D eigenvalue weighted by Gasteiger charge is 2.44. The Morgan fingerprint density at radius 3 is 2.05 bits per heavy atom. The van der Waals surface area contributed by atoms with E-state index in [4.69, 9.17) is 18.5 Å². The molecular formula is C45H51N6O6P. The Kier molecular flexibility index (Phi) is 14.6. The highest BCUT2D eigenvalue weighted by atomic mass is 31.2. The summed E-state index contributed by atoms with van der Waals surface area (Å²) < 4.78 is 29.3. The molecule has 0 spiro atoms. The van der Waals surface area contributed by atoms with Crippen LogP contribution in [0, 0.1) is 11.3 Å². The summed E-state index contributed by atoms with van der Waals surface area (Å²) in [7, 11) is -0.00172. The van der Waals surface area contributed by atoms with Gasteiger partial charge in [0.15, 0.2) is 0 Å². The first-order valence-corrected chi connectivity index (χ1v) is 20.6. The Hall–Kier alpha value is -5.25. The number of nitriles is 1. The van der Waals surface area contributed by atoms with E-state index in [0.717, 1.165) is 22.4 Å². The Balaban J connectivity index is 1.37. The van der Waals surface area contributed by atoms with E-state index in [1.807, 2.05) is 54.6 Å². The number of anilines is 1. The van der Waals surface area contributed by atoms with Crippen molar-refractivity contribution < 1.29 is 23.3 Å². The van der Waals surface area contributed by atoms with Crippen LogP contribution >= 0.6 is 8.53 Å². The average molecular weight is 803 g/mol. The van der Waals surface area contributed by atoms with E-state index in [1.54, 1.807) is 43.6 Å². The lowest BCUT2D eigenvalue weighted by molar-refractivity contribution is -0.0195. The molecule has 58 heavy (non-hydrogen) atoms. The summed E-state index contributed by atoms with van der Waals surface area (Å²) in [6.07, 6.45) is 0.236. The zero-order valence-electron chi connectivity index (χ0n) is 33.5. The number of nitrogens with zero attached hydrogens (tertiary/aromatic N) is 4. The number of methoxy groups -OCH3 is 1. The molecule has 302 valence electrons. The Bertz CT molecular complexity index is 2120. The van der Waals surface area contributed by atoms with Crippen molar-refractivity contribution in [1.82, 2.24) is 19.5 Å². The molecule has 1 fully saturated rings. The smallest absolute Gasteiger partial charge is 0.351 e. The fourth-order valence-electron chi connectivity index (χ4n) is 7.33. The zero-order chi connectivity index (χ0) is 41.1. The van der Waals surface area contributed by atoms with Crippen LogP contribution in [0.5, 0.6) is 5.75 Å². The lowest BCUT2D eigenvalue weighted by Crippen LogP contribution is -2.49. The largest absolute Gasteiger partial charge is 0.497 e. The van der Waals surface area contributed by atoms with E-state index >= 15 is 0 Å². The molecule has 1 unspecified atom stereocenters. The molecule has 0 bridgehead atoms. The molecule has 0 radical (unpaired) electrons. The molecule has 4 atom stereocenters. The maximum atomic E-state index is 13.7. The van der Waals surface area contributed by atoms with Gasteiger partial charge >= 0.3 is 5.69 Å². The Morgan fingerprint density at radius 1 is 0.914 bits per heavy atom. The minimum atomic E-state index is -1.65. The number of hydrogen-bond acceptors (Lipinski definition) is 10. The molecule has 0 aliphatic carbocycles. The van der Waals surface area contributed by atoms with Gasteiger partial charge in [-0.25, -0.2) is 9.46 Å². The summed E-state index contributed by atoms with van der Waals surface area (Å²) in [5.41, 5.74) is 2.04. The summed E-state index contributed by atoms with van der Waals surface area (Å²) in [6.45, 7) is 8.86. The Labute approximate surface area is 341 Å². The molecule has 2 N–H and O–H groups in total. The standard InChI is InChI=1S/C45H51N6O6P/c1-32(2)51(33(3)4)58(55-29-15-27-46)57-39-30-42(50-28-26-41(49-44(50)53)48-43(52)34-16-9-6-10-17-34)56-40(39)31-47-45(35-18-11-7-12-19-35,36-20-13-8-14-21-36)37-22-24-38(54-5)25-23-37/h6-14,16-26,28,32-33,39-40,42,47H,15,29-31H2,1-5H3,(H,48,49,52,53)/t39-,40+,42+,58?/m0/s1. The van der Waals surface area contributed by atoms with E-state index in [2.05, 4.69) is 90.5 Å². The maximum Gasteiger partial charge on any atom is 0.351 e.